The highest BCUT2D eigenvalue weighted by Gasteiger charge is 2.02. The van der Waals surface area contributed by atoms with Crippen LogP contribution in [0.25, 0.3) is 0 Å². The number of hydrogen-bond acceptors (Lipinski definition) is 0. The topological polar surface area (TPSA) is 0 Å². The molecule has 0 atom stereocenters. The second kappa shape index (κ2) is 5.16. The SMILES string of the molecule is Cc1cc(Br)c(CCCBr)cc1C. The van der Waals surface area contributed by atoms with Gasteiger partial charge < -0.3 is 0 Å². The third kappa shape index (κ3) is 3.10. The highest BCUT2D eigenvalue weighted by Crippen LogP contribution is 2.22. The number of hydrogen-bond donors (Lipinski definition) is 0. The van der Waals surface area contributed by atoms with E-state index in [9.17, 15) is 0 Å². The highest BCUT2D eigenvalue weighted by atomic mass is 79.9. The van der Waals surface area contributed by atoms with E-state index in [1.807, 2.05) is 0 Å². The number of alkyl halides is 1. The molecule has 0 N–H and O–H groups in total. The molecule has 1 aromatic carbocycles. The molecule has 0 nitrogen and oxygen atoms in total. The maximum Gasteiger partial charge on any atom is 0.0210 e. The van der Waals surface area contributed by atoms with Crippen LogP contribution in [-0.4, -0.2) is 5.33 Å². The number of benzene rings is 1. The molecule has 0 aliphatic carbocycles. The van der Waals surface area contributed by atoms with E-state index in [0.717, 1.165) is 11.8 Å². The van der Waals surface area contributed by atoms with Crippen molar-refractivity contribution in [1.82, 2.24) is 0 Å². The van der Waals surface area contributed by atoms with E-state index < -0.39 is 0 Å². The summed E-state index contributed by atoms with van der Waals surface area (Å²) in [4.78, 5) is 0. The normalized spacial score (nSPS) is 10.5. The minimum Gasteiger partial charge on any atom is -0.0928 e. The summed E-state index contributed by atoms with van der Waals surface area (Å²) in [6.07, 6.45) is 2.34. The molecular formula is C11H14Br2. The van der Waals surface area contributed by atoms with Gasteiger partial charge in [-0.05, 0) is 49.4 Å². The molecule has 0 aliphatic heterocycles. The monoisotopic (exact) mass is 304 g/mol. The average molecular weight is 306 g/mol. The fourth-order valence-electron chi connectivity index (χ4n) is 1.29. The van der Waals surface area contributed by atoms with Gasteiger partial charge in [-0.15, -0.1) is 0 Å². The van der Waals surface area contributed by atoms with E-state index in [4.69, 9.17) is 0 Å². The van der Waals surface area contributed by atoms with Gasteiger partial charge in [0.2, 0.25) is 0 Å². The molecule has 0 radical (unpaired) electrons. The summed E-state index contributed by atoms with van der Waals surface area (Å²) in [5.74, 6) is 0. The minimum atomic E-state index is 1.08. The van der Waals surface area contributed by atoms with Crippen molar-refractivity contribution in [2.75, 3.05) is 5.33 Å². The molecule has 2 heteroatoms. The van der Waals surface area contributed by atoms with E-state index >= 15 is 0 Å². The first-order valence-corrected chi connectivity index (χ1v) is 6.38. The van der Waals surface area contributed by atoms with Crippen molar-refractivity contribution in [2.45, 2.75) is 26.7 Å². The molecular weight excluding hydrogens is 292 g/mol. The van der Waals surface area contributed by atoms with Crippen molar-refractivity contribution in [3.05, 3.63) is 33.3 Å². The number of halogens is 2. The van der Waals surface area contributed by atoms with E-state index in [-0.39, 0.29) is 0 Å². The van der Waals surface area contributed by atoms with Crippen LogP contribution >= 0.6 is 31.9 Å². The van der Waals surface area contributed by atoms with Crippen molar-refractivity contribution in [2.24, 2.45) is 0 Å². The van der Waals surface area contributed by atoms with Gasteiger partial charge in [-0.25, -0.2) is 0 Å². The van der Waals surface area contributed by atoms with Crippen LogP contribution in [0.3, 0.4) is 0 Å². The predicted molar refractivity (Wildman–Crippen MR) is 65.7 cm³/mol. The minimum absolute atomic E-state index is 1.08. The Hall–Kier alpha value is 0.180. The fourth-order valence-corrected chi connectivity index (χ4v) is 2.23. The van der Waals surface area contributed by atoms with Gasteiger partial charge in [-0.3, -0.25) is 0 Å². The van der Waals surface area contributed by atoms with Gasteiger partial charge in [0.1, 0.15) is 0 Å². The van der Waals surface area contributed by atoms with Crippen LogP contribution in [0.2, 0.25) is 0 Å². The Morgan fingerprint density at radius 3 is 2.38 bits per heavy atom. The molecule has 13 heavy (non-hydrogen) atoms. The summed E-state index contributed by atoms with van der Waals surface area (Å²) in [6, 6.07) is 4.49. The third-order valence-corrected chi connectivity index (χ3v) is 3.54. The zero-order chi connectivity index (χ0) is 9.84. The lowest BCUT2D eigenvalue weighted by atomic mass is 10.0. The molecule has 0 heterocycles. The van der Waals surface area contributed by atoms with Gasteiger partial charge in [-0.1, -0.05) is 37.9 Å². The largest absolute Gasteiger partial charge is 0.0928 e. The zero-order valence-electron chi connectivity index (χ0n) is 8.03. The molecule has 0 fully saturated rings. The molecule has 72 valence electrons. The molecule has 1 aromatic rings. The smallest absolute Gasteiger partial charge is 0.0210 e. The van der Waals surface area contributed by atoms with Gasteiger partial charge in [0.05, 0.1) is 0 Å². The summed E-state index contributed by atoms with van der Waals surface area (Å²) < 4.78 is 1.25. The van der Waals surface area contributed by atoms with Crippen LogP contribution in [0.1, 0.15) is 23.1 Å². The number of rotatable bonds is 3. The first kappa shape index (κ1) is 11.3. The van der Waals surface area contributed by atoms with Crippen molar-refractivity contribution in [1.29, 1.82) is 0 Å². The fraction of sp³-hybridized carbons (Fsp3) is 0.455. The molecule has 0 spiro atoms. The lowest BCUT2D eigenvalue weighted by Crippen LogP contribution is -1.91. The maximum atomic E-state index is 3.60. The van der Waals surface area contributed by atoms with E-state index in [0.29, 0.717) is 0 Å². The van der Waals surface area contributed by atoms with Crippen LogP contribution in [0.4, 0.5) is 0 Å². The summed E-state index contributed by atoms with van der Waals surface area (Å²) in [5, 5.41) is 1.08. The molecule has 0 aromatic heterocycles. The van der Waals surface area contributed by atoms with Crippen LogP contribution in [0, 0.1) is 13.8 Å². The van der Waals surface area contributed by atoms with Crippen molar-refractivity contribution in [3.8, 4) is 0 Å². The quantitative estimate of drug-likeness (QED) is 0.726. The lowest BCUT2D eigenvalue weighted by Gasteiger charge is -2.07. The molecule has 0 unspecified atom stereocenters. The molecule has 1 rings (SSSR count). The van der Waals surface area contributed by atoms with Crippen LogP contribution < -0.4 is 0 Å². The van der Waals surface area contributed by atoms with E-state index in [1.54, 1.807) is 0 Å². The molecule has 0 amide bonds. The first-order chi connectivity index (χ1) is 6.15. The average Bonchev–Trinajstić information content (AvgIpc) is 2.09. The van der Waals surface area contributed by atoms with Gasteiger partial charge in [0.15, 0.2) is 0 Å². The predicted octanol–water partition coefficient (Wildman–Crippen LogP) is 4.39. The Morgan fingerprint density at radius 1 is 1.15 bits per heavy atom. The summed E-state index contributed by atoms with van der Waals surface area (Å²) in [7, 11) is 0. The van der Waals surface area contributed by atoms with Gasteiger partial charge in [0.25, 0.3) is 0 Å². The summed E-state index contributed by atoms with van der Waals surface area (Å²) in [5.41, 5.74) is 4.16. The van der Waals surface area contributed by atoms with Gasteiger partial charge in [0, 0.05) is 9.80 Å². The Bertz CT molecular complexity index is 292. The molecule has 0 saturated carbocycles. The highest BCUT2D eigenvalue weighted by molar-refractivity contribution is 9.10. The Morgan fingerprint density at radius 2 is 1.77 bits per heavy atom. The maximum absolute atomic E-state index is 3.60. The number of aryl methyl sites for hydroxylation is 3. The second-order valence-corrected chi connectivity index (χ2v) is 4.97. The van der Waals surface area contributed by atoms with E-state index in [1.165, 1.54) is 27.6 Å². The summed E-state index contributed by atoms with van der Waals surface area (Å²) >= 11 is 7.05. The molecule has 0 bridgehead atoms. The molecule has 0 aliphatic rings. The summed E-state index contributed by atoms with van der Waals surface area (Å²) in [6.45, 7) is 4.31. The Balaban J connectivity index is 2.88. The Kier molecular flexibility index (Phi) is 4.47. The van der Waals surface area contributed by atoms with Crippen LogP contribution in [-0.2, 0) is 6.42 Å². The van der Waals surface area contributed by atoms with Crippen LogP contribution in [0.15, 0.2) is 16.6 Å². The van der Waals surface area contributed by atoms with Crippen molar-refractivity contribution in [3.63, 3.8) is 0 Å². The van der Waals surface area contributed by atoms with Crippen LogP contribution in [0.5, 0.6) is 0 Å². The van der Waals surface area contributed by atoms with Gasteiger partial charge in [-0.2, -0.15) is 0 Å². The third-order valence-electron chi connectivity index (χ3n) is 2.24. The van der Waals surface area contributed by atoms with Crippen molar-refractivity contribution < 1.29 is 0 Å². The second-order valence-electron chi connectivity index (χ2n) is 3.32. The molecule has 0 saturated heterocycles. The standard InChI is InChI=1S/C11H14Br2/c1-8-6-10(4-3-5-12)11(13)7-9(8)2/h6-7H,3-5H2,1-2H3. The van der Waals surface area contributed by atoms with Crippen molar-refractivity contribution >= 4 is 31.9 Å². The zero-order valence-corrected chi connectivity index (χ0v) is 11.2. The lowest BCUT2D eigenvalue weighted by molar-refractivity contribution is 0.930. The first-order valence-electron chi connectivity index (χ1n) is 4.46. The Labute approximate surface area is 97.0 Å². The van der Waals surface area contributed by atoms with E-state index in [2.05, 4.69) is 57.8 Å². The van der Waals surface area contributed by atoms with Gasteiger partial charge >= 0.3 is 0 Å².